The average Bonchev–Trinajstić information content (AvgIpc) is 2.70. The number of esters is 1. The lowest BCUT2D eigenvalue weighted by Crippen LogP contribution is -1.97. The summed E-state index contributed by atoms with van der Waals surface area (Å²) in [6.45, 7) is 6.60. The fraction of sp³-hybridized carbons (Fsp3) is 0.750. The monoisotopic (exact) mass is 196 g/mol. The van der Waals surface area contributed by atoms with Crippen LogP contribution >= 0.6 is 0 Å². The lowest BCUT2D eigenvalue weighted by Gasteiger charge is -2.03. The SMILES string of the molecule is COC(=O)C=C(C)CCC1CC1(C)C. The molecule has 0 N–H and O–H groups in total. The van der Waals surface area contributed by atoms with Crippen molar-refractivity contribution in [2.45, 2.75) is 40.0 Å². The average molecular weight is 196 g/mol. The Hall–Kier alpha value is -0.790. The van der Waals surface area contributed by atoms with Crippen LogP contribution in [0.15, 0.2) is 11.6 Å². The van der Waals surface area contributed by atoms with Gasteiger partial charge in [0.2, 0.25) is 0 Å². The molecule has 1 aliphatic carbocycles. The zero-order chi connectivity index (χ0) is 10.8. The van der Waals surface area contributed by atoms with Crippen LogP contribution in [0.4, 0.5) is 0 Å². The number of hydrogen-bond acceptors (Lipinski definition) is 2. The van der Waals surface area contributed by atoms with Gasteiger partial charge in [0.05, 0.1) is 7.11 Å². The Kier molecular flexibility index (Phi) is 3.35. The number of ether oxygens (including phenoxy) is 1. The number of carbonyl (C=O) groups is 1. The maximum absolute atomic E-state index is 10.9. The van der Waals surface area contributed by atoms with Gasteiger partial charge < -0.3 is 4.74 Å². The van der Waals surface area contributed by atoms with Crippen molar-refractivity contribution in [3.05, 3.63) is 11.6 Å². The molecule has 1 saturated carbocycles. The van der Waals surface area contributed by atoms with E-state index in [0.717, 1.165) is 17.9 Å². The first-order valence-corrected chi connectivity index (χ1v) is 5.21. The lowest BCUT2D eigenvalue weighted by atomic mass is 10.0. The van der Waals surface area contributed by atoms with Gasteiger partial charge in [0.25, 0.3) is 0 Å². The molecule has 1 atom stereocenters. The third kappa shape index (κ3) is 3.17. The van der Waals surface area contributed by atoms with Crippen molar-refractivity contribution < 1.29 is 9.53 Å². The number of carbonyl (C=O) groups excluding carboxylic acids is 1. The van der Waals surface area contributed by atoms with E-state index < -0.39 is 0 Å². The van der Waals surface area contributed by atoms with Gasteiger partial charge in [0, 0.05) is 6.08 Å². The number of hydrogen-bond donors (Lipinski definition) is 0. The second-order valence-corrected chi connectivity index (χ2v) is 4.94. The smallest absolute Gasteiger partial charge is 0.330 e. The maximum Gasteiger partial charge on any atom is 0.330 e. The van der Waals surface area contributed by atoms with Gasteiger partial charge in [-0.05, 0) is 37.5 Å². The fourth-order valence-corrected chi connectivity index (χ4v) is 1.80. The first kappa shape index (κ1) is 11.3. The molecule has 2 heteroatoms. The van der Waals surface area contributed by atoms with Crippen molar-refractivity contribution in [3.8, 4) is 0 Å². The first-order chi connectivity index (χ1) is 6.45. The fourth-order valence-electron chi connectivity index (χ4n) is 1.80. The molecule has 0 aromatic heterocycles. The highest BCUT2D eigenvalue weighted by molar-refractivity contribution is 5.82. The molecule has 0 aromatic carbocycles. The molecule has 80 valence electrons. The second-order valence-electron chi connectivity index (χ2n) is 4.94. The summed E-state index contributed by atoms with van der Waals surface area (Å²) in [5.74, 6) is 0.612. The van der Waals surface area contributed by atoms with Gasteiger partial charge in [0.1, 0.15) is 0 Å². The van der Waals surface area contributed by atoms with Crippen LogP contribution in [-0.4, -0.2) is 13.1 Å². The summed E-state index contributed by atoms with van der Waals surface area (Å²) in [5.41, 5.74) is 1.67. The quantitative estimate of drug-likeness (QED) is 0.510. The van der Waals surface area contributed by atoms with Crippen LogP contribution in [0.25, 0.3) is 0 Å². The van der Waals surface area contributed by atoms with Crippen molar-refractivity contribution in [1.29, 1.82) is 0 Å². The lowest BCUT2D eigenvalue weighted by molar-refractivity contribution is -0.134. The highest BCUT2D eigenvalue weighted by Gasteiger charge is 2.44. The van der Waals surface area contributed by atoms with Crippen LogP contribution in [0.3, 0.4) is 0 Å². The Labute approximate surface area is 86.3 Å². The predicted molar refractivity (Wildman–Crippen MR) is 56.9 cm³/mol. The molecule has 0 aromatic rings. The summed E-state index contributed by atoms with van der Waals surface area (Å²) in [6.07, 6.45) is 5.14. The minimum absolute atomic E-state index is 0.238. The topological polar surface area (TPSA) is 26.3 Å². The van der Waals surface area contributed by atoms with Crippen molar-refractivity contribution >= 4 is 5.97 Å². The molecular weight excluding hydrogens is 176 g/mol. The summed E-state index contributed by atoms with van der Waals surface area (Å²) in [4.78, 5) is 10.9. The standard InChI is InChI=1S/C12H20O2/c1-9(7-11(13)14-4)5-6-10-8-12(10,2)3/h7,10H,5-6,8H2,1-4H3. The van der Waals surface area contributed by atoms with Crippen LogP contribution in [-0.2, 0) is 9.53 Å². The molecule has 1 fully saturated rings. The van der Waals surface area contributed by atoms with Gasteiger partial charge in [-0.1, -0.05) is 19.4 Å². The minimum Gasteiger partial charge on any atom is -0.466 e. The van der Waals surface area contributed by atoms with E-state index in [-0.39, 0.29) is 5.97 Å². The molecule has 0 amide bonds. The van der Waals surface area contributed by atoms with Crippen LogP contribution in [0, 0.1) is 11.3 Å². The highest BCUT2D eigenvalue weighted by atomic mass is 16.5. The molecule has 0 heterocycles. The maximum atomic E-state index is 10.9. The van der Waals surface area contributed by atoms with Crippen molar-refractivity contribution in [2.75, 3.05) is 7.11 Å². The minimum atomic E-state index is -0.238. The Bertz CT molecular complexity index is 251. The molecule has 1 unspecified atom stereocenters. The van der Waals surface area contributed by atoms with Crippen molar-refractivity contribution in [2.24, 2.45) is 11.3 Å². The van der Waals surface area contributed by atoms with Crippen molar-refractivity contribution in [3.63, 3.8) is 0 Å². The van der Waals surface area contributed by atoms with E-state index in [9.17, 15) is 4.79 Å². The van der Waals surface area contributed by atoms with Gasteiger partial charge in [-0.2, -0.15) is 0 Å². The van der Waals surface area contributed by atoms with E-state index in [1.54, 1.807) is 6.08 Å². The number of rotatable bonds is 4. The highest BCUT2D eigenvalue weighted by Crippen LogP contribution is 2.54. The Balaban J connectivity index is 2.25. The van der Waals surface area contributed by atoms with Crippen LogP contribution in [0.5, 0.6) is 0 Å². The third-order valence-electron chi connectivity index (χ3n) is 3.17. The zero-order valence-corrected chi connectivity index (χ0v) is 9.59. The largest absolute Gasteiger partial charge is 0.466 e. The van der Waals surface area contributed by atoms with Gasteiger partial charge in [-0.3, -0.25) is 0 Å². The second kappa shape index (κ2) is 4.16. The first-order valence-electron chi connectivity index (χ1n) is 5.21. The molecular formula is C12H20O2. The van der Waals surface area contributed by atoms with E-state index >= 15 is 0 Å². The predicted octanol–water partition coefficient (Wildman–Crippen LogP) is 2.93. The van der Waals surface area contributed by atoms with E-state index in [1.807, 2.05) is 6.92 Å². The molecule has 0 radical (unpaired) electrons. The van der Waals surface area contributed by atoms with E-state index in [1.165, 1.54) is 20.0 Å². The Morgan fingerprint density at radius 2 is 2.14 bits per heavy atom. The van der Waals surface area contributed by atoms with Crippen LogP contribution < -0.4 is 0 Å². The van der Waals surface area contributed by atoms with Crippen LogP contribution in [0.2, 0.25) is 0 Å². The zero-order valence-electron chi connectivity index (χ0n) is 9.59. The normalized spacial score (nSPS) is 24.6. The van der Waals surface area contributed by atoms with E-state index in [0.29, 0.717) is 5.41 Å². The number of methoxy groups -OCH3 is 1. The summed E-state index contributed by atoms with van der Waals surface area (Å²) < 4.78 is 4.57. The molecule has 0 spiro atoms. The van der Waals surface area contributed by atoms with Gasteiger partial charge in [-0.15, -0.1) is 0 Å². The summed E-state index contributed by atoms with van der Waals surface area (Å²) >= 11 is 0. The molecule has 1 rings (SSSR count). The van der Waals surface area contributed by atoms with Gasteiger partial charge in [-0.25, -0.2) is 4.79 Å². The Morgan fingerprint density at radius 1 is 1.57 bits per heavy atom. The van der Waals surface area contributed by atoms with Gasteiger partial charge >= 0.3 is 5.97 Å². The molecule has 0 aliphatic heterocycles. The molecule has 0 bridgehead atoms. The molecule has 1 aliphatic rings. The number of allylic oxidation sites excluding steroid dienone is 1. The summed E-state index contributed by atoms with van der Waals surface area (Å²) in [5, 5.41) is 0. The van der Waals surface area contributed by atoms with Gasteiger partial charge in [0.15, 0.2) is 0 Å². The van der Waals surface area contributed by atoms with E-state index in [2.05, 4.69) is 18.6 Å². The third-order valence-corrected chi connectivity index (χ3v) is 3.17. The summed E-state index contributed by atoms with van der Waals surface area (Å²) in [6, 6.07) is 0. The van der Waals surface area contributed by atoms with Crippen LogP contribution in [0.1, 0.15) is 40.0 Å². The van der Waals surface area contributed by atoms with E-state index in [4.69, 9.17) is 0 Å². The molecule has 2 nitrogen and oxygen atoms in total. The molecule has 14 heavy (non-hydrogen) atoms. The Morgan fingerprint density at radius 3 is 2.57 bits per heavy atom. The summed E-state index contributed by atoms with van der Waals surface area (Å²) in [7, 11) is 1.41. The van der Waals surface area contributed by atoms with Crippen molar-refractivity contribution in [1.82, 2.24) is 0 Å². The molecule has 0 saturated heterocycles.